The maximum Gasteiger partial charge on any atom is 0.134 e. The average Bonchev–Trinajstić information content (AvgIpc) is 2.39. The largest absolute Gasteiger partial charge is 0.389 e. The minimum atomic E-state index is -0.451. The molecule has 0 aromatic carbocycles. The molecule has 2 rings (SSSR count). The Bertz CT molecular complexity index is 395. The van der Waals surface area contributed by atoms with E-state index in [1.165, 1.54) is 19.3 Å². The SMILES string of the molecule is CCC1(C)CCN(c2ncccc2C(C)O)CC1. The summed E-state index contributed by atoms with van der Waals surface area (Å²) in [6.45, 7) is 8.54. The Labute approximate surface area is 110 Å². The first-order valence-electron chi connectivity index (χ1n) is 6.94. The van der Waals surface area contributed by atoms with E-state index < -0.39 is 6.10 Å². The molecule has 1 saturated heterocycles. The molecule has 1 atom stereocenters. The molecule has 0 bridgehead atoms. The summed E-state index contributed by atoms with van der Waals surface area (Å²) in [7, 11) is 0. The number of aromatic nitrogens is 1. The molecular weight excluding hydrogens is 224 g/mol. The van der Waals surface area contributed by atoms with Crippen molar-refractivity contribution in [3.05, 3.63) is 23.9 Å². The van der Waals surface area contributed by atoms with Crippen LogP contribution in [0.3, 0.4) is 0 Å². The summed E-state index contributed by atoms with van der Waals surface area (Å²) in [6, 6.07) is 3.87. The zero-order valence-electron chi connectivity index (χ0n) is 11.7. The first-order chi connectivity index (χ1) is 8.56. The average molecular weight is 248 g/mol. The molecule has 0 aliphatic carbocycles. The van der Waals surface area contributed by atoms with Gasteiger partial charge in [0.2, 0.25) is 0 Å². The Hall–Kier alpha value is -1.09. The van der Waals surface area contributed by atoms with Crippen molar-refractivity contribution in [1.29, 1.82) is 0 Å². The van der Waals surface area contributed by atoms with Crippen LogP contribution in [0.5, 0.6) is 0 Å². The van der Waals surface area contributed by atoms with E-state index in [0.29, 0.717) is 5.41 Å². The van der Waals surface area contributed by atoms with Gasteiger partial charge in [-0.2, -0.15) is 0 Å². The summed E-state index contributed by atoms with van der Waals surface area (Å²) in [5.74, 6) is 0.964. The molecule has 3 heteroatoms. The van der Waals surface area contributed by atoms with Crippen molar-refractivity contribution in [2.45, 2.75) is 46.1 Å². The second kappa shape index (κ2) is 5.27. The van der Waals surface area contributed by atoms with Gasteiger partial charge in [-0.1, -0.05) is 26.3 Å². The van der Waals surface area contributed by atoms with Crippen LogP contribution in [-0.4, -0.2) is 23.2 Å². The van der Waals surface area contributed by atoms with Crippen molar-refractivity contribution >= 4 is 5.82 Å². The van der Waals surface area contributed by atoms with Crippen molar-refractivity contribution in [1.82, 2.24) is 4.98 Å². The van der Waals surface area contributed by atoms with Crippen LogP contribution in [0.4, 0.5) is 5.82 Å². The fourth-order valence-corrected chi connectivity index (χ4v) is 2.61. The zero-order chi connectivity index (χ0) is 13.2. The van der Waals surface area contributed by atoms with Gasteiger partial charge in [-0.3, -0.25) is 0 Å². The predicted molar refractivity (Wildman–Crippen MR) is 74.7 cm³/mol. The van der Waals surface area contributed by atoms with E-state index in [2.05, 4.69) is 23.7 Å². The molecule has 1 aliphatic rings. The molecule has 18 heavy (non-hydrogen) atoms. The van der Waals surface area contributed by atoms with Crippen LogP contribution in [0.15, 0.2) is 18.3 Å². The smallest absolute Gasteiger partial charge is 0.134 e. The molecule has 2 heterocycles. The summed E-state index contributed by atoms with van der Waals surface area (Å²) >= 11 is 0. The van der Waals surface area contributed by atoms with E-state index in [4.69, 9.17) is 0 Å². The fourth-order valence-electron chi connectivity index (χ4n) is 2.61. The number of nitrogens with zero attached hydrogens (tertiary/aromatic N) is 2. The van der Waals surface area contributed by atoms with Gasteiger partial charge in [0, 0.05) is 24.8 Å². The van der Waals surface area contributed by atoms with E-state index >= 15 is 0 Å². The Morgan fingerprint density at radius 3 is 2.67 bits per heavy atom. The Kier molecular flexibility index (Phi) is 3.91. The standard InChI is InChI=1S/C15H24N2O/c1-4-15(3)7-10-17(11-8-15)14-13(12(2)18)6-5-9-16-14/h5-6,9,12,18H,4,7-8,10-11H2,1-3H3. The van der Waals surface area contributed by atoms with E-state index in [1.807, 2.05) is 18.3 Å². The third-order valence-corrected chi connectivity index (χ3v) is 4.39. The third kappa shape index (κ3) is 2.66. The van der Waals surface area contributed by atoms with Gasteiger partial charge in [-0.15, -0.1) is 0 Å². The van der Waals surface area contributed by atoms with Gasteiger partial charge >= 0.3 is 0 Å². The Morgan fingerprint density at radius 2 is 2.11 bits per heavy atom. The van der Waals surface area contributed by atoms with Crippen molar-refractivity contribution in [3.63, 3.8) is 0 Å². The highest BCUT2D eigenvalue weighted by molar-refractivity contribution is 5.48. The van der Waals surface area contributed by atoms with Crippen LogP contribution in [0.25, 0.3) is 0 Å². The van der Waals surface area contributed by atoms with Gasteiger partial charge in [0.25, 0.3) is 0 Å². The normalized spacial score (nSPS) is 20.8. The molecule has 1 aliphatic heterocycles. The number of pyridine rings is 1. The maximum absolute atomic E-state index is 9.82. The van der Waals surface area contributed by atoms with Gasteiger partial charge in [0.15, 0.2) is 0 Å². The predicted octanol–water partition coefficient (Wildman–Crippen LogP) is 3.15. The lowest BCUT2D eigenvalue weighted by Crippen LogP contribution is -2.39. The number of aliphatic hydroxyl groups is 1. The van der Waals surface area contributed by atoms with Crippen LogP contribution in [0.1, 0.15) is 51.7 Å². The first kappa shape index (κ1) is 13.3. The maximum atomic E-state index is 9.82. The monoisotopic (exact) mass is 248 g/mol. The lowest BCUT2D eigenvalue weighted by atomic mass is 9.78. The van der Waals surface area contributed by atoms with Gasteiger partial charge in [0.1, 0.15) is 5.82 Å². The van der Waals surface area contributed by atoms with E-state index in [9.17, 15) is 5.11 Å². The molecule has 1 aromatic rings. The number of rotatable bonds is 3. The molecule has 100 valence electrons. The highest BCUT2D eigenvalue weighted by atomic mass is 16.3. The molecule has 1 aromatic heterocycles. The fraction of sp³-hybridized carbons (Fsp3) is 0.667. The number of piperidine rings is 1. The summed E-state index contributed by atoms with van der Waals surface area (Å²) in [6.07, 6.45) is 5.02. The van der Waals surface area contributed by atoms with Crippen molar-refractivity contribution in [2.24, 2.45) is 5.41 Å². The van der Waals surface area contributed by atoms with Crippen molar-refractivity contribution in [2.75, 3.05) is 18.0 Å². The van der Waals surface area contributed by atoms with Gasteiger partial charge in [-0.25, -0.2) is 4.98 Å². The quantitative estimate of drug-likeness (QED) is 0.892. The van der Waals surface area contributed by atoms with Crippen LogP contribution in [-0.2, 0) is 0 Å². The third-order valence-electron chi connectivity index (χ3n) is 4.39. The Morgan fingerprint density at radius 1 is 1.44 bits per heavy atom. The van der Waals surface area contributed by atoms with Crippen LogP contribution in [0.2, 0.25) is 0 Å². The van der Waals surface area contributed by atoms with Gasteiger partial charge in [0.05, 0.1) is 6.10 Å². The van der Waals surface area contributed by atoms with Crippen LogP contribution >= 0.6 is 0 Å². The summed E-state index contributed by atoms with van der Waals surface area (Å²) in [4.78, 5) is 6.78. The topological polar surface area (TPSA) is 36.4 Å². The zero-order valence-corrected chi connectivity index (χ0v) is 11.7. The number of aliphatic hydroxyl groups excluding tert-OH is 1. The summed E-state index contributed by atoms with van der Waals surface area (Å²) in [5.41, 5.74) is 1.42. The molecule has 0 saturated carbocycles. The Balaban J connectivity index is 2.15. The van der Waals surface area contributed by atoms with E-state index in [0.717, 1.165) is 24.5 Å². The molecule has 0 amide bonds. The second-order valence-corrected chi connectivity index (χ2v) is 5.74. The molecule has 0 radical (unpaired) electrons. The molecule has 3 nitrogen and oxygen atoms in total. The molecule has 1 fully saturated rings. The minimum Gasteiger partial charge on any atom is -0.389 e. The van der Waals surface area contributed by atoms with Gasteiger partial charge < -0.3 is 10.0 Å². The highest BCUT2D eigenvalue weighted by Gasteiger charge is 2.29. The minimum absolute atomic E-state index is 0.451. The molecular formula is C15H24N2O. The number of anilines is 1. The highest BCUT2D eigenvalue weighted by Crippen LogP contribution is 2.36. The lowest BCUT2D eigenvalue weighted by molar-refractivity contribution is 0.198. The molecule has 1 unspecified atom stereocenters. The lowest BCUT2D eigenvalue weighted by Gasteiger charge is -2.40. The first-order valence-corrected chi connectivity index (χ1v) is 6.94. The number of hydrogen-bond donors (Lipinski definition) is 1. The molecule has 0 spiro atoms. The van der Waals surface area contributed by atoms with E-state index in [-0.39, 0.29) is 0 Å². The number of hydrogen-bond acceptors (Lipinski definition) is 3. The van der Waals surface area contributed by atoms with Gasteiger partial charge in [-0.05, 0) is 31.2 Å². The van der Waals surface area contributed by atoms with Crippen molar-refractivity contribution < 1.29 is 5.11 Å². The van der Waals surface area contributed by atoms with Crippen molar-refractivity contribution in [3.8, 4) is 0 Å². The van der Waals surface area contributed by atoms with Crippen LogP contribution < -0.4 is 4.90 Å². The second-order valence-electron chi connectivity index (χ2n) is 5.74. The summed E-state index contributed by atoms with van der Waals surface area (Å²) in [5, 5.41) is 9.82. The molecule has 1 N–H and O–H groups in total. The summed E-state index contributed by atoms with van der Waals surface area (Å²) < 4.78 is 0. The van der Waals surface area contributed by atoms with Crippen LogP contribution in [0, 0.1) is 5.41 Å². The van der Waals surface area contributed by atoms with E-state index in [1.54, 1.807) is 6.92 Å².